The molecule has 0 aliphatic carbocycles. The molecule has 4 heterocycles. The second-order valence-corrected chi connectivity index (χ2v) is 8.77. The van der Waals surface area contributed by atoms with Crippen molar-refractivity contribution in [1.29, 1.82) is 0 Å². The third kappa shape index (κ3) is 4.45. The number of nitrogens with zero attached hydrogens (tertiary/aromatic N) is 5. The highest BCUT2D eigenvalue weighted by molar-refractivity contribution is 5.94. The lowest BCUT2D eigenvalue weighted by molar-refractivity contribution is -0.137. The molecule has 0 unspecified atom stereocenters. The number of nitrogens with one attached hydrogen (secondary N) is 1. The van der Waals surface area contributed by atoms with Gasteiger partial charge in [0.05, 0.1) is 43.6 Å². The lowest BCUT2D eigenvalue weighted by Gasteiger charge is -2.26. The number of benzene rings is 2. The largest absolute Gasteiger partial charge is 0.463 e. The number of ether oxygens (including phenoxy) is 3. The summed E-state index contributed by atoms with van der Waals surface area (Å²) in [6.07, 6.45) is 1.87. The van der Waals surface area contributed by atoms with Gasteiger partial charge < -0.3 is 19.1 Å². The fourth-order valence-corrected chi connectivity index (χ4v) is 4.36. The maximum atomic E-state index is 12.7. The highest BCUT2D eigenvalue weighted by Gasteiger charge is 2.24. The van der Waals surface area contributed by atoms with Crippen LogP contribution in [0, 0.1) is 0 Å². The van der Waals surface area contributed by atoms with E-state index in [0.717, 1.165) is 22.2 Å². The number of carbonyl (C=O) groups excluding carboxylic acids is 2. The maximum absolute atomic E-state index is 12.7. The minimum absolute atomic E-state index is 0.000961. The Morgan fingerprint density at radius 2 is 1.97 bits per heavy atom. The second kappa shape index (κ2) is 9.51. The van der Waals surface area contributed by atoms with E-state index in [2.05, 4.69) is 20.5 Å². The van der Waals surface area contributed by atoms with Gasteiger partial charge in [0.15, 0.2) is 0 Å². The first-order valence-corrected chi connectivity index (χ1v) is 11.8. The van der Waals surface area contributed by atoms with Crippen molar-refractivity contribution in [3.8, 4) is 17.1 Å². The molecule has 6 rings (SSSR count). The van der Waals surface area contributed by atoms with E-state index in [-0.39, 0.29) is 24.4 Å². The Labute approximate surface area is 205 Å². The molecule has 2 aromatic heterocycles. The van der Waals surface area contributed by atoms with Crippen molar-refractivity contribution < 1.29 is 23.8 Å². The van der Waals surface area contributed by atoms with Gasteiger partial charge in [0, 0.05) is 24.0 Å². The molecule has 11 nitrogen and oxygen atoms in total. The third-order valence-corrected chi connectivity index (χ3v) is 6.35. The summed E-state index contributed by atoms with van der Waals surface area (Å²) in [4.78, 5) is 25.8. The molecular formula is C25H24N6O5. The number of fused-ring (bicyclic) bond motifs is 1. The third-order valence-electron chi connectivity index (χ3n) is 6.35. The molecule has 2 saturated heterocycles. The van der Waals surface area contributed by atoms with Crippen LogP contribution in [0.3, 0.4) is 0 Å². The summed E-state index contributed by atoms with van der Waals surface area (Å²) in [6, 6.07) is 13.2. The molecule has 4 aromatic rings. The number of hydrogen-bond donors (Lipinski definition) is 1. The molecule has 1 atom stereocenters. The molecule has 36 heavy (non-hydrogen) atoms. The van der Waals surface area contributed by atoms with E-state index in [9.17, 15) is 9.59 Å². The molecular weight excluding hydrogens is 464 g/mol. The van der Waals surface area contributed by atoms with Crippen LogP contribution in [0.4, 0.5) is 0 Å². The average Bonchev–Trinajstić information content (AvgIpc) is 3.67. The minimum Gasteiger partial charge on any atom is -0.463 e. The Hall–Kier alpha value is -4.09. The van der Waals surface area contributed by atoms with E-state index in [1.165, 1.54) is 0 Å². The quantitative estimate of drug-likeness (QED) is 0.409. The van der Waals surface area contributed by atoms with Crippen LogP contribution in [0.1, 0.15) is 22.3 Å². The average molecular weight is 489 g/mol. The molecule has 0 bridgehead atoms. The van der Waals surface area contributed by atoms with Crippen molar-refractivity contribution in [2.45, 2.75) is 19.1 Å². The summed E-state index contributed by atoms with van der Waals surface area (Å²) in [6.45, 7) is 3.00. The van der Waals surface area contributed by atoms with Gasteiger partial charge in [-0.05, 0) is 42.0 Å². The number of esters is 1. The van der Waals surface area contributed by atoms with Crippen molar-refractivity contribution in [2.75, 3.05) is 32.9 Å². The number of aromatic amines is 1. The van der Waals surface area contributed by atoms with Crippen molar-refractivity contribution in [2.24, 2.45) is 0 Å². The monoisotopic (exact) mass is 488 g/mol. The zero-order chi connectivity index (χ0) is 24.5. The van der Waals surface area contributed by atoms with Crippen LogP contribution >= 0.6 is 0 Å². The fraction of sp³-hybridized carbons (Fsp3) is 0.320. The van der Waals surface area contributed by atoms with E-state index < -0.39 is 0 Å². The first-order chi connectivity index (χ1) is 17.6. The van der Waals surface area contributed by atoms with Crippen LogP contribution < -0.4 is 0 Å². The molecule has 1 amide bonds. The molecule has 0 spiro atoms. The van der Waals surface area contributed by atoms with Gasteiger partial charge in [-0.1, -0.05) is 11.3 Å². The number of aromatic nitrogens is 5. The van der Waals surface area contributed by atoms with Gasteiger partial charge in [0.1, 0.15) is 24.1 Å². The standard InChI is InChI=1S/C25H24N6O5/c32-23-12-19(15-36-23)35-14-16-1-6-21-20(11-16)24(28-26-21)22-13-31(29-27-22)18-4-2-17(3-5-18)25(33)30-7-9-34-10-8-30/h1-6,11,13,19H,7-10,12,14-15H2,(H,26,28)/t19-/m1/s1. The summed E-state index contributed by atoms with van der Waals surface area (Å²) in [5.74, 6) is -0.229. The number of amides is 1. The van der Waals surface area contributed by atoms with Gasteiger partial charge in [-0.2, -0.15) is 5.10 Å². The predicted molar refractivity (Wildman–Crippen MR) is 127 cm³/mol. The zero-order valence-corrected chi connectivity index (χ0v) is 19.4. The Bertz CT molecular complexity index is 1410. The van der Waals surface area contributed by atoms with E-state index >= 15 is 0 Å². The van der Waals surface area contributed by atoms with Crippen LogP contribution in [0.5, 0.6) is 0 Å². The Morgan fingerprint density at radius 3 is 2.75 bits per heavy atom. The SMILES string of the molecule is O=C1C[C@@H](OCc2ccc3[nH]nc(-c4cn(-c5ccc(C(=O)N6CCOCC6)cc5)nn4)c3c2)CO1. The molecule has 0 saturated carbocycles. The van der Waals surface area contributed by atoms with Gasteiger partial charge in [-0.15, -0.1) is 5.10 Å². The molecule has 0 radical (unpaired) electrons. The van der Waals surface area contributed by atoms with Crippen LogP contribution in [-0.4, -0.2) is 81.0 Å². The van der Waals surface area contributed by atoms with Gasteiger partial charge in [-0.3, -0.25) is 14.7 Å². The van der Waals surface area contributed by atoms with Crippen molar-refractivity contribution in [1.82, 2.24) is 30.1 Å². The van der Waals surface area contributed by atoms with Crippen LogP contribution in [0.15, 0.2) is 48.7 Å². The Morgan fingerprint density at radius 1 is 1.14 bits per heavy atom. The summed E-state index contributed by atoms with van der Waals surface area (Å²) < 4.78 is 17.7. The highest BCUT2D eigenvalue weighted by atomic mass is 16.6. The van der Waals surface area contributed by atoms with Gasteiger partial charge in [0.25, 0.3) is 5.91 Å². The number of hydrogen-bond acceptors (Lipinski definition) is 8. The van der Waals surface area contributed by atoms with E-state index in [4.69, 9.17) is 14.2 Å². The lowest BCUT2D eigenvalue weighted by Crippen LogP contribution is -2.40. The van der Waals surface area contributed by atoms with Gasteiger partial charge in [-0.25, -0.2) is 4.68 Å². The number of H-pyrrole nitrogens is 1. The van der Waals surface area contributed by atoms with Gasteiger partial charge >= 0.3 is 5.97 Å². The van der Waals surface area contributed by atoms with Crippen molar-refractivity contribution in [3.05, 3.63) is 59.8 Å². The fourth-order valence-electron chi connectivity index (χ4n) is 4.36. The molecule has 11 heteroatoms. The summed E-state index contributed by atoms with van der Waals surface area (Å²) in [5, 5.41) is 17.0. The number of cyclic esters (lactones) is 1. The topological polar surface area (TPSA) is 124 Å². The first kappa shape index (κ1) is 22.4. The van der Waals surface area contributed by atoms with Crippen LogP contribution in [0.2, 0.25) is 0 Å². The summed E-state index contributed by atoms with van der Waals surface area (Å²) >= 11 is 0. The van der Waals surface area contributed by atoms with E-state index in [1.54, 1.807) is 27.9 Å². The molecule has 184 valence electrons. The molecule has 2 fully saturated rings. The van der Waals surface area contributed by atoms with Crippen molar-refractivity contribution in [3.63, 3.8) is 0 Å². The van der Waals surface area contributed by atoms with E-state index in [0.29, 0.717) is 56.5 Å². The minimum atomic E-state index is -0.228. The Balaban J connectivity index is 1.18. The number of carbonyl (C=O) groups is 2. The van der Waals surface area contributed by atoms with E-state index in [1.807, 2.05) is 30.3 Å². The first-order valence-electron chi connectivity index (χ1n) is 11.8. The van der Waals surface area contributed by atoms with Crippen LogP contribution in [-0.2, 0) is 25.6 Å². The normalized spacial score (nSPS) is 18.1. The summed E-state index contributed by atoms with van der Waals surface area (Å²) in [5.41, 5.74) is 4.53. The van der Waals surface area contributed by atoms with Gasteiger partial charge in [0.2, 0.25) is 0 Å². The summed E-state index contributed by atoms with van der Waals surface area (Å²) in [7, 11) is 0. The predicted octanol–water partition coefficient (Wildman–Crippen LogP) is 2.12. The molecule has 1 N–H and O–H groups in total. The zero-order valence-electron chi connectivity index (χ0n) is 19.4. The van der Waals surface area contributed by atoms with Crippen LogP contribution in [0.25, 0.3) is 28.0 Å². The van der Waals surface area contributed by atoms with Crippen molar-refractivity contribution >= 4 is 22.8 Å². The number of morpholine rings is 1. The smallest absolute Gasteiger partial charge is 0.308 e. The lowest BCUT2D eigenvalue weighted by atomic mass is 10.1. The second-order valence-electron chi connectivity index (χ2n) is 8.77. The molecule has 2 aliphatic heterocycles. The molecule has 2 aromatic carbocycles. The Kier molecular flexibility index (Phi) is 5.91. The molecule has 2 aliphatic rings. The number of rotatable bonds is 6. The highest BCUT2D eigenvalue weighted by Crippen LogP contribution is 2.27. The maximum Gasteiger partial charge on any atom is 0.308 e.